The predicted octanol–water partition coefficient (Wildman–Crippen LogP) is 3.76. The van der Waals surface area contributed by atoms with Crippen molar-refractivity contribution in [2.45, 2.75) is 6.54 Å². The molecule has 0 fully saturated rings. The van der Waals surface area contributed by atoms with Gasteiger partial charge in [-0.3, -0.25) is 4.79 Å². The molecule has 2 heterocycles. The maximum atomic E-state index is 13.5. The maximum Gasteiger partial charge on any atom is 0.354 e. The third kappa shape index (κ3) is 2.52. The number of nitrogens with zero attached hydrogens (tertiary/aromatic N) is 1. The summed E-state index contributed by atoms with van der Waals surface area (Å²) in [5.74, 6) is -0.878. The van der Waals surface area contributed by atoms with Crippen molar-refractivity contribution in [3.8, 4) is 5.75 Å². The first-order valence-corrected chi connectivity index (χ1v) is 8.48. The van der Waals surface area contributed by atoms with Crippen molar-refractivity contribution < 1.29 is 13.9 Å². The first-order valence-electron chi connectivity index (χ1n) is 7.68. The maximum absolute atomic E-state index is 13.5. The smallest absolute Gasteiger partial charge is 0.354 e. The molecule has 2 aromatic heterocycles. The Balaban J connectivity index is 2.13. The summed E-state index contributed by atoms with van der Waals surface area (Å²) in [6.07, 6.45) is 0. The molecule has 0 spiro atoms. The van der Waals surface area contributed by atoms with Gasteiger partial charge in [-0.05, 0) is 45.8 Å². The highest BCUT2D eigenvalue weighted by Crippen LogP contribution is 2.31. The van der Waals surface area contributed by atoms with Crippen LogP contribution in [0.1, 0.15) is 5.56 Å². The van der Waals surface area contributed by atoms with Crippen LogP contribution in [0.4, 0.5) is 4.39 Å². The Kier molecular flexibility index (Phi) is 3.88. The molecule has 0 bridgehead atoms. The van der Waals surface area contributed by atoms with Gasteiger partial charge in [0, 0.05) is 5.39 Å². The van der Waals surface area contributed by atoms with E-state index in [0.29, 0.717) is 16.5 Å². The minimum atomic E-state index is -0.776. The van der Waals surface area contributed by atoms with E-state index in [1.165, 1.54) is 16.7 Å². The van der Waals surface area contributed by atoms with E-state index >= 15 is 0 Å². The van der Waals surface area contributed by atoms with E-state index in [2.05, 4.69) is 15.9 Å². The van der Waals surface area contributed by atoms with E-state index in [1.807, 2.05) is 0 Å². The van der Waals surface area contributed by atoms with E-state index in [1.54, 1.807) is 36.4 Å². The first-order chi connectivity index (χ1) is 12.5. The molecule has 5 nitrogen and oxygen atoms in total. The number of hydrogen-bond acceptors (Lipinski definition) is 4. The molecule has 0 aliphatic rings. The molecule has 7 heteroatoms. The molecule has 130 valence electrons. The van der Waals surface area contributed by atoms with Gasteiger partial charge in [-0.2, -0.15) is 0 Å². The molecule has 4 aromatic rings. The SMILES string of the molecule is O=c1oc2c(c(O)c1Br)c(=O)n(Cc1cccc(F)c1)c1ccccc21. The minimum Gasteiger partial charge on any atom is -0.506 e. The fraction of sp³-hybridized carbons (Fsp3) is 0.0526. The number of benzene rings is 2. The van der Waals surface area contributed by atoms with E-state index in [-0.39, 0.29) is 22.0 Å². The van der Waals surface area contributed by atoms with Gasteiger partial charge in [-0.1, -0.05) is 24.3 Å². The van der Waals surface area contributed by atoms with Crippen molar-refractivity contribution in [2.24, 2.45) is 0 Å². The topological polar surface area (TPSA) is 72.4 Å². The number of pyridine rings is 1. The lowest BCUT2D eigenvalue weighted by atomic mass is 10.1. The van der Waals surface area contributed by atoms with Gasteiger partial charge < -0.3 is 14.1 Å². The normalized spacial score (nSPS) is 11.3. The lowest BCUT2D eigenvalue weighted by molar-refractivity contribution is 0.462. The average Bonchev–Trinajstić information content (AvgIpc) is 2.63. The van der Waals surface area contributed by atoms with Crippen LogP contribution in [0, 0.1) is 5.82 Å². The van der Waals surface area contributed by atoms with E-state index in [0.717, 1.165) is 0 Å². The molecule has 0 unspecified atom stereocenters. The molecule has 26 heavy (non-hydrogen) atoms. The quantitative estimate of drug-likeness (QED) is 0.505. The van der Waals surface area contributed by atoms with Gasteiger partial charge in [0.2, 0.25) is 0 Å². The zero-order valence-electron chi connectivity index (χ0n) is 13.2. The van der Waals surface area contributed by atoms with Crippen LogP contribution in [0.5, 0.6) is 5.75 Å². The fourth-order valence-electron chi connectivity index (χ4n) is 3.01. The second-order valence-electron chi connectivity index (χ2n) is 5.79. The van der Waals surface area contributed by atoms with Crippen molar-refractivity contribution in [2.75, 3.05) is 0 Å². The number of aromatic nitrogens is 1. The molecular formula is C19H11BrFNO4. The van der Waals surface area contributed by atoms with Crippen LogP contribution >= 0.6 is 15.9 Å². The Labute approximate surface area is 154 Å². The Morgan fingerprint density at radius 1 is 1.12 bits per heavy atom. The third-order valence-corrected chi connectivity index (χ3v) is 4.87. The Morgan fingerprint density at radius 3 is 2.65 bits per heavy atom. The molecule has 0 aliphatic heterocycles. The molecule has 0 amide bonds. The monoisotopic (exact) mass is 415 g/mol. The second-order valence-corrected chi connectivity index (χ2v) is 6.59. The molecule has 4 rings (SSSR count). The van der Waals surface area contributed by atoms with Crippen LogP contribution < -0.4 is 11.2 Å². The highest BCUT2D eigenvalue weighted by molar-refractivity contribution is 9.10. The second kappa shape index (κ2) is 6.10. The van der Waals surface area contributed by atoms with Crippen molar-refractivity contribution in [3.63, 3.8) is 0 Å². The lowest BCUT2D eigenvalue weighted by Crippen LogP contribution is -2.22. The highest BCUT2D eigenvalue weighted by Gasteiger charge is 2.20. The van der Waals surface area contributed by atoms with Crippen LogP contribution in [0.3, 0.4) is 0 Å². The molecule has 0 atom stereocenters. The van der Waals surface area contributed by atoms with Crippen LogP contribution in [-0.4, -0.2) is 9.67 Å². The van der Waals surface area contributed by atoms with Crippen molar-refractivity contribution >= 4 is 37.8 Å². The number of aromatic hydroxyl groups is 1. The van der Waals surface area contributed by atoms with Gasteiger partial charge in [0.05, 0.1) is 12.1 Å². The summed E-state index contributed by atoms with van der Waals surface area (Å²) in [6.45, 7) is 0.100. The molecule has 0 saturated carbocycles. The summed E-state index contributed by atoms with van der Waals surface area (Å²) < 4.78 is 20.0. The van der Waals surface area contributed by atoms with Gasteiger partial charge in [0.25, 0.3) is 5.56 Å². The zero-order chi connectivity index (χ0) is 18.4. The molecule has 1 N–H and O–H groups in total. The largest absolute Gasteiger partial charge is 0.506 e. The van der Waals surface area contributed by atoms with E-state index < -0.39 is 22.8 Å². The highest BCUT2D eigenvalue weighted by atomic mass is 79.9. The van der Waals surface area contributed by atoms with E-state index in [4.69, 9.17) is 4.42 Å². The first kappa shape index (κ1) is 16.5. The summed E-state index contributed by atoms with van der Waals surface area (Å²) in [4.78, 5) is 24.9. The molecule has 2 aromatic carbocycles. The van der Waals surface area contributed by atoms with Crippen molar-refractivity contribution in [3.05, 3.63) is 85.2 Å². The average molecular weight is 416 g/mol. The van der Waals surface area contributed by atoms with Crippen LogP contribution in [-0.2, 0) is 6.54 Å². The van der Waals surface area contributed by atoms with E-state index in [9.17, 15) is 19.1 Å². The van der Waals surface area contributed by atoms with Gasteiger partial charge in [-0.15, -0.1) is 0 Å². The van der Waals surface area contributed by atoms with Crippen LogP contribution in [0.15, 0.2) is 67.0 Å². The van der Waals surface area contributed by atoms with Gasteiger partial charge >= 0.3 is 5.63 Å². The minimum absolute atomic E-state index is 0.0202. The number of halogens is 2. The summed E-state index contributed by atoms with van der Waals surface area (Å²) in [6, 6.07) is 12.8. The number of fused-ring (bicyclic) bond motifs is 3. The molecular weight excluding hydrogens is 405 g/mol. The van der Waals surface area contributed by atoms with Crippen molar-refractivity contribution in [1.29, 1.82) is 0 Å². The van der Waals surface area contributed by atoms with Crippen molar-refractivity contribution in [1.82, 2.24) is 4.57 Å². The van der Waals surface area contributed by atoms with Gasteiger partial charge in [0.1, 0.15) is 15.7 Å². The summed E-state index contributed by atoms with van der Waals surface area (Å²) in [7, 11) is 0. The lowest BCUT2D eigenvalue weighted by Gasteiger charge is -2.13. The Bertz CT molecular complexity index is 1290. The Hall–Kier alpha value is -2.93. The van der Waals surface area contributed by atoms with Gasteiger partial charge in [-0.25, -0.2) is 9.18 Å². The molecule has 0 radical (unpaired) electrons. The molecule has 0 aliphatic carbocycles. The zero-order valence-corrected chi connectivity index (χ0v) is 14.8. The van der Waals surface area contributed by atoms with Crippen LogP contribution in [0.25, 0.3) is 21.9 Å². The third-order valence-electron chi connectivity index (χ3n) is 4.17. The predicted molar refractivity (Wildman–Crippen MR) is 99.1 cm³/mol. The standard InChI is InChI=1S/C19H11BrFNO4/c20-15-16(23)14-17(26-19(15)25)12-6-1-2-7-13(12)22(18(14)24)9-10-4-3-5-11(21)8-10/h1-8,23H,9H2. The Morgan fingerprint density at radius 2 is 1.88 bits per heavy atom. The summed E-state index contributed by atoms with van der Waals surface area (Å²) >= 11 is 2.95. The molecule has 0 saturated heterocycles. The van der Waals surface area contributed by atoms with Gasteiger partial charge in [0.15, 0.2) is 11.3 Å². The number of para-hydroxylation sites is 1. The summed E-state index contributed by atoms with van der Waals surface area (Å²) in [5.41, 5.74) is -0.189. The number of rotatable bonds is 2. The number of hydrogen-bond donors (Lipinski definition) is 1. The fourth-order valence-corrected chi connectivity index (χ4v) is 3.29. The van der Waals surface area contributed by atoms with Crippen LogP contribution in [0.2, 0.25) is 0 Å². The summed E-state index contributed by atoms with van der Waals surface area (Å²) in [5, 5.41) is 10.7.